The molecule has 1 heteroatoms. The SMILES string of the molecule is CCCCCCCCn1c2ccc(C(C)(CC)CCC)cc2c2cc(C(C)(CC)CCCC)ccc21. The molecule has 36 heavy (non-hydrogen) atoms. The Labute approximate surface area is 223 Å². The van der Waals surface area contributed by atoms with Crippen LogP contribution in [0.4, 0.5) is 0 Å². The second-order valence-corrected chi connectivity index (χ2v) is 12.1. The second kappa shape index (κ2) is 13.2. The largest absolute Gasteiger partial charge is 0.340 e. The van der Waals surface area contributed by atoms with Gasteiger partial charge in [-0.1, -0.05) is 112 Å². The van der Waals surface area contributed by atoms with Crippen LogP contribution in [0.2, 0.25) is 0 Å². The van der Waals surface area contributed by atoms with Crippen molar-refractivity contribution in [2.24, 2.45) is 0 Å². The highest BCUT2D eigenvalue weighted by Crippen LogP contribution is 2.40. The van der Waals surface area contributed by atoms with E-state index in [0.717, 1.165) is 6.54 Å². The van der Waals surface area contributed by atoms with Crippen LogP contribution in [0.3, 0.4) is 0 Å². The second-order valence-electron chi connectivity index (χ2n) is 12.1. The maximum Gasteiger partial charge on any atom is 0.0491 e. The van der Waals surface area contributed by atoms with E-state index < -0.39 is 0 Å². The van der Waals surface area contributed by atoms with Crippen molar-refractivity contribution in [3.63, 3.8) is 0 Å². The number of rotatable bonds is 16. The standard InChI is InChI=1S/C35H55N/c1-8-13-15-16-17-18-25-36-32-21-19-28(34(6,11-4)23-10-3)26-30(32)31-27-29(20-22-33(31)36)35(7,12-5)24-14-9-2/h19-22,26-27H,8-18,23-25H2,1-7H3. The molecule has 0 aliphatic carbocycles. The summed E-state index contributed by atoms with van der Waals surface area (Å²) in [6, 6.07) is 14.9. The molecule has 0 aliphatic rings. The Bertz CT molecular complexity index is 1090. The van der Waals surface area contributed by atoms with Crippen LogP contribution in [0.5, 0.6) is 0 Å². The van der Waals surface area contributed by atoms with Gasteiger partial charge in [0, 0.05) is 28.4 Å². The van der Waals surface area contributed by atoms with E-state index in [4.69, 9.17) is 0 Å². The lowest BCUT2D eigenvalue weighted by atomic mass is 9.75. The third kappa shape index (κ3) is 6.20. The molecule has 0 spiro atoms. The molecular formula is C35H55N. The van der Waals surface area contributed by atoms with Gasteiger partial charge in [0.05, 0.1) is 0 Å². The first-order valence-corrected chi connectivity index (χ1v) is 15.4. The van der Waals surface area contributed by atoms with Gasteiger partial charge in [0.25, 0.3) is 0 Å². The number of unbranched alkanes of at least 4 members (excludes halogenated alkanes) is 6. The van der Waals surface area contributed by atoms with Gasteiger partial charge in [-0.2, -0.15) is 0 Å². The molecular weight excluding hydrogens is 434 g/mol. The average Bonchev–Trinajstić information content (AvgIpc) is 3.21. The Kier molecular flexibility index (Phi) is 10.5. The zero-order chi connectivity index (χ0) is 26.2. The molecule has 0 saturated carbocycles. The molecule has 2 unspecified atom stereocenters. The minimum absolute atomic E-state index is 0.257. The molecule has 3 rings (SSSR count). The van der Waals surface area contributed by atoms with Crippen molar-refractivity contribution in [1.82, 2.24) is 4.57 Å². The molecule has 2 atom stereocenters. The molecule has 1 heterocycles. The van der Waals surface area contributed by atoms with E-state index in [1.54, 1.807) is 0 Å². The van der Waals surface area contributed by atoms with E-state index in [1.165, 1.54) is 116 Å². The number of hydrogen-bond acceptors (Lipinski definition) is 0. The van der Waals surface area contributed by atoms with Crippen molar-refractivity contribution in [1.29, 1.82) is 0 Å². The fourth-order valence-corrected chi connectivity index (χ4v) is 6.32. The molecule has 1 nitrogen and oxygen atoms in total. The zero-order valence-corrected chi connectivity index (χ0v) is 24.8. The molecule has 0 saturated heterocycles. The molecule has 0 bridgehead atoms. The summed E-state index contributed by atoms with van der Waals surface area (Å²) in [4.78, 5) is 0. The Morgan fingerprint density at radius 1 is 0.556 bits per heavy atom. The first kappa shape index (κ1) is 28.8. The zero-order valence-electron chi connectivity index (χ0n) is 24.8. The smallest absolute Gasteiger partial charge is 0.0491 e. The van der Waals surface area contributed by atoms with E-state index >= 15 is 0 Å². The fraction of sp³-hybridized carbons (Fsp3) is 0.657. The number of benzene rings is 2. The van der Waals surface area contributed by atoms with E-state index in [2.05, 4.69) is 89.4 Å². The predicted molar refractivity (Wildman–Crippen MR) is 163 cm³/mol. The van der Waals surface area contributed by atoms with Crippen LogP contribution in [0.1, 0.15) is 143 Å². The third-order valence-corrected chi connectivity index (χ3v) is 9.44. The molecule has 0 amide bonds. The first-order chi connectivity index (χ1) is 17.4. The van der Waals surface area contributed by atoms with Gasteiger partial charge < -0.3 is 4.57 Å². The molecule has 0 N–H and O–H groups in total. The molecule has 2 aromatic carbocycles. The van der Waals surface area contributed by atoms with Crippen molar-refractivity contribution < 1.29 is 0 Å². The minimum atomic E-state index is 0.257. The van der Waals surface area contributed by atoms with Gasteiger partial charge in [-0.25, -0.2) is 0 Å². The summed E-state index contributed by atoms with van der Waals surface area (Å²) < 4.78 is 2.64. The molecule has 3 aromatic rings. The lowest BCUT2D eigenvalue weighted by molar-refractivity contribution is 0.403. The Morgan fingerprint density at radius 2 is 1.06 bits per heavy atom. The van der Waals surface area contributed by atoms with Gasteiger partial charge in [-0.15, -0.1) is 0 Å². The van der Waals surface area contributed by atoms with E-state index in [0.29, 0.717) is 0 Å². The predicted octanol–water partition coefficient (Wildman–Crippen LogP) is 11.5. The molecule has 0 radical (unpaired) electrons. The van der Waals surface area contributed by atoms with Gasteiger partial charge in [0.1, 0.15) is 0 Å². The van der Waals surface area contributed by atoms with Crippen LogP contribution in [0.25, 0.3) is 21.8 Å². The van der Waals surface area contributed by atoms with Crippen LogP contribution in [0.15, 0.2) is 36.4 Å². The summed E-state index contributed by atoms with van der Waals surface area (Å²) >= 11 is 0. The van der Waals surface area contributed by atoms with Gasteiger partial charge in [-0.05, 0) is 78.3 Å². The minimum Gasteiger partial charge on any atom is -0.340 e. The monoisotopic (exact) mass is 489 g/mol. The quantitative estimate of drug-likeness (QED) is 0.176. The molecule has 0 aliphatic heterocycles. The highest BCUT2D eigenvalue weighted by Gasteiger charge is 2.27. The highest BCUT2D eigenvalue weighted by atomic mass is 15.0. The fourth-order valence-electron chi connectivity index (χ4n) is 6.32. The van der Waals surface area contributed by atoms with Crippen molar-refractivity contribution in [3.05, 3.63) is 47.5 Å². The Balaban J connectivity index is 2.10. The number of nitrogens with zero attached hydrogens (tertiary/aromatic N) is 1. The van der Waals surface area contributed by atoms with Crippen molar-refractivity contribution in [2.45, 2.75) is 149 Å². The molecule has 200 valence electrons. The molecule has 1 aromatic heterocycles. The third-order valence-electron chi connectivity index (χ3n) is 9.44. The van der Waals surface area contributed by atoms with Crippen molar-refractivity contribution in [2.75, 3.05) is 0 Å². The van der Waals surface area contributed by atoms with Crippen molar-refractivity contribution >= 4 is 21.8 Å². The van der Waals surface area contributed by atoms with Gasteiger partial charge in [0.2, 0.25) is 0 Å². The maximum atomic E-state index is 2.64. The van der Waals surface area contributed by atoms with Gasteiger partial charge >= 0.3 is 0 Å². The van der Waals surface area contributed by atoms with Crippen LogP contribution in [-0.2, 0) is 17.4 Å². The molecule has 0 fully saturated rings. The summed E-state index contributed by atoms with van der Waals surface area (Å²) in [6.45, 7) is 17.8. The van der Waals surface area contributed by atoms with E-state index in [1.807, 2.05) is 0 Å². The number of fused-ring (bicyclic) bond motifs is 3. The summed E-state index contributed by atoms with van der Waals surface area (Å²) in [7, 11) is 0. The van der Waals surface area contributed by atoms with Crippen molar-refractivity contribution in [3.8, 4) is 0 Å². The van der Waals surface area contributed by atoms with E-state index in [9.17, 15) is 0 Å². The summed E-state index contributed by atoms with van der Waals surface area (Å²) in [5, 5.41) is 2.95. The lowest BCUT2D eigenvalue weighted by Gasteiger charge is -2.29. The highest BCUT2D eigenvalue weighted by molar-refractivity contribution is 6.08. The number of hydrogen-bond donors (Lipinski definition) is 0. The van der Waals surface area contributed by atoms with Crippen LogP contribution < -0.4 is 0 Å². The number of aromatic nitrogens is 1. The average molecular weight is 490 g/mol. The number of aryl methyl sites for hydroxylation is 1. The summed E-state index contributed by atoms with van der Waals surface area (Å²) in [6.07, 6.45) is 16.8. The Morgan fingerprint density at radius 3 is 1.56 bits per heavy atom. The lowest BCUT2D eigenvalue weighted by Crippen LogP contribution is -2.20. The van der Waals surface area contributed by atoms with Gasteiger partial charge in [0.15, 0.2) is 0 Å². The normalized spacial score (nSPS) is 15.4. The first-order valence-electron chi connectivity index (χ1n) is 15.4. The summed E-state index contributed by atoms with van der Waals surface area (Å²) in [5.74, 6) is 0. The van der Waals surface area contributed by atoms with Gasteiger partial charge in [-0.3, -0.25) is 0 Å². The van der Waals surface area contributed by atoms with Crippen LogP contribution >= 0.6 is 0 Å². The van der Waals surface area contributed by atoms with E-state index in [-0.39, 0.29) is 10.8 Å². The van der Waals surface area contributed by atoms with Crippen LogP contribution in [-0.4, -0.2) is 4.57 Å². The maximum absolute atomic E-state index is 2.64. The topological polar surface area (TPSA) is 4.93 Å². The van der Waals surface area contributed by atoms with Crippen LogP contribution in [0, 0.1) is 0 Å². The summed E-state index contributed by atoms with van der Waals surface area (Å²) in [5.41, 5.74) is 6.43. The Hall–Kier alpha value is -1.76.